The molecule has 1 aliphatic rings. The van der Waals surface area contributed by atoms with E-state index in [-0.39, 0.29) is 18.9 Å². The number of fused-ring (bicyclic) bond motifs is 1. The zero-order valence-corrected chi connectivity index (χ0v) is 15.0. The first-order valence-electron chi connectivity index (χ1n) is 8.70. The summed E-state index contributed by atoms with van der Waals surface area (Å²) >= 11 is 0. The summed E-state index contributed by atoms with van der Waals surface area (Å²) in [6.45, 7) is 7.61. The monoisotopic (exact) mass is 359 g/mol. The standard InChI is InChI=1S/C19H23F2N5/c1-4-13(2)18(25-15-5-7-19(20,21)8-6-15)24-14(3)16-11-23-26-10-9-22-12-17(16)26/h4,9-12,15,25H,1,5-8H2,2-3H3/b18-13+,24-14+. The summed E-state index contributed by atoms with van der Waals surface area (Å²) in [6, 6.07) is -0.0124. The molecule has 0 unspecified atom stereocenters. The van der Waals surface area contributed by atoms with Crippen molar-refractivity contribution in [1.82, 2.24) is 19.9 Å². The van der Waals surface area contributed by atoms with E-state index < -0.39 is 5.92 Å². The van der Waals surface area contributed by atoms with Crippen LogP contribution in [0.1, 0.15) is 45.1 Å². The first-order chi connectivity index (χ1) is 12.4. The van der Waals surface area contributed by atoms with E-state index in [1.165, 1.54) is 0 Å². The fourth-order valence-corrected chi connectivity index (χ4v) is 3.05. The highest BCUT2D eigenvalue weighted by atomic mass is 19.3. The van der Waals surface area contributed by atoms with E-state index in [2.05, 4.69) is 22.0 Å². The summed E-state index contributed by atoms with van der Waals surface area (Å²) in [5.41, 5.74) is 3.39. The van der Waals surface area contributed by atoms with Gasteiger partial charge in [0.2, 0.25) is 5.92 Å². The molecule has 1 N–H and O–H groups in total. The third kappa shape index (κ3) is 3.98. The zero-order valence-electron chi connectivity index (χ0n) is 15.0. The summed E-state index contributed by atoms with van der Waals surface area (Å²) in [4.78, 5) is 8.85. The molecule has 5 nitrogen and oxygen atoms in total. The molecule has 1 fully saturated rings. The molecule has 1 aliphatic carbocycles. The summed E-state index contributed by atoms with van der Waals surface area (Å²) < 4.78 is 28.5. The second-order valence-corrected chi connectivity index (χ2v) is 6.67. The van der Waals surface area contributed by atoms with Crippen LogP contribution in [0.25, 0.3) is 5.52 Å². The number of rotatable bonds is 5. The molecule has 26 heavy (non-hydrogen) atoms. The number of alkyl halides is 2. The van der Waals surface area contributed by atoms with Gasteiger partial charge >= 0.3 is 0 Å². The molecule has 2 heterocycles. The van der Waals surface area contributed by atoms with Gasteiger partial charge in [-0.05, 0) is 32.3 Å². The molecule has 2 aromatic heterocycles. The molecule has 1 saturated carbocycles. The lowest BCUT2D eigenvalue weighted by Gasteiger charge is -2.30. The highest BCUT2D eigenvalue weighted by Gasteiger charge is 2.35. The largest absolute Gasteiger partial charge is 0.367 e. The second-order valence-electron chi connectivity index (χ2n) is 6.67. The lowest BCUT2D eigenvalue weighted by molar-refractivity contribution is -0.0397. The topological polar surface area (TPSA) is 54.6 Å². The third-order valence-electron chi connectivity index (χ3n) is 4.73. The van der Waals surface area contributed by atoms with Crippen LogP contribution < -0.4 is 5.32 Å². The SMILES string of the molecule is C=C/C(C)=C(\N=C(/C)c1cnn2ccncc12)NC1CCC(F)(F)CC1. The van der Waals surface area contributed by atoms with E-state index >= 15 is 0 Å². The maximum atomic E-state index is 13.4. The second kappa shape index (κ2) is 7.35. The minimum Gasteiger partial charge on any atom is -0.367 e. The molecule has 0 bridgehead atoms. The van der Waals surface area contributed by atoms with Crippen molar-refractivity contribution in [2.45, 2.75) is 51.5 Å². The summed E-state index contributed by atoms with van der Waals surface area (Å²) in [6.07, 6.45) is 9.32. The summed E-state index contributed by atoms with van der Waals surface area (Å²) in [5, 5.41) is 7.63. The van der Waals surface area contributed by atoms with Gasteiger partial charge in [0.15, 0.2) is 0 Å². The van der Waals surface area contributed by atoms with Gasteiger partial charge < -0.3 is 5.32 Å². The van der Waals surface area contributed by atoms with Crippen LogP contribution in [0.5, 0.6) is 0 Å². The molecule has 0 amide bonds. The molecule has 0 radical (unpaired) electrons. The number of nitrogens with zero attached hydrogens (tertiary/aromatic N) is 4. The average molecular weight is 359 g/mol. The highest BCUT2D eigenvalue weighted by Crippen LogP contribution is 2.33. The van der Waals surface area contributed by atoms with Crippen molar-refractivity contribution in [2.75, 3.05) is 0 Å². The highest BCUT2D eigenvalue weighted by molar-refractivity contribution is 6.04. The number of nitrogens with one attached hydrogen (secondary N) is 1. The lowest BCUT2D eigenvalue weighted by Crippen LogP contribution is -2.36. The summed E-state index contributed by atoms with van der Waals surface area (Å²) in [7, 11) is 0. The maximum Gasteiger partial charge on any atom is 0.248 e. The van der Waals surface area contributed by atoms with Crippen molar-refractivity contribution < 1.29 is 8.78 Å². The Labute approximate surface area is 151 Å². The molecule has 7 heteroatoms. The van der Waals surface area contributed by atoms with E-state index in [9.17, 15) is 8.78 Å². The first kappa shape index (κ1) is 18.2. The lowest BCUT2D eigenvalue weighted by atomic mass is 9.92. The van der Waals surface area contributed by atoms with Crippen LogP contribution in [0.2, 0.25) is 0 Å². The minimum absolute atomic E-state index is 0.0124. The first-order valence-corrected chi connectivity index (χ1v) is 8.70. The van der Waals surface area contributed by atoms with Crippen molar-refractivity contribution in [3.8, 4) is 0 Å². The van der Waals surface area contributed by atoms with Gasteiger partial charge in [-0.15, -0.1) is 0 Å². The van der Waals surface area contributed by atoms with Crippen LogP contribution in [0.15, 0.2) is 53.8 Å². The fraction of sp³-hybridized carbons (Fsp3) is 0.421. The molecular weight excluding hydrogens is 336 g/mol. The van der Waals surface area contributed by atoms with Crippen molar-refractivity contribution in [3.05, 3.63) is 54.4 Å². The van der Waals surface area contributed by atoms with E-state index in [1.54, 1.807) is 35.4 Å². The molecule has 3 rings (SSSR count). The van der Waals surface area contributed by atoms with Crippen molar-refractivity contribution >= 4 is 11.2 Å². The van der Waals surface area contributed by atoms with Crippen molar-refractivity contribution in [2.24, 2.45) is 4.99 Å². The molecule has 0 saturated heterocycles. The van der Waals surface area contributed by atoms with Crippen molar-refractivity contribution in [3.63, 3.8) is 0 Å². The van der Waals surface area contributed by atoms with Gasteiger partial charge in [0.25, 0.3) is 0 Å². The molecule has 0 aromatic carbocycles. The Morgan fingerprint density at radius 1 is 1.35 bits per heavy atom. The number of hydrogen-bond acceptors (Lipinski definition) is 4. The van der Waals surface area contributed by atoms with Crippen LogP contribution >= 0.6 is 0 Å². The van der Waals surface area contributed by atoms with Crippen LogP contribution in [0.4, 0.5) is 8.78 Å². The minimum atomic E-state index is -2.54. The Morgan fingerprint density at radius 2 is 2.08 bits per heavy atom. The van der Waals surface area contributed by atoms with Crippen LogP contribution in [-0.2, 0) is 0 Å². The molecule has 138 valence electrons. The molecule has 0 spiro atoms. The number of allylic oxidation sites excluding steroid dienone is 2. The van der Waals surface area contributed by atoms with Crippen molar-refractivity contribution in [1.29, 1.82) is 0 Å². The Balaban J connectivity index is 1.85. The Hall–Kier alpha value is -2.57. The van der Waals surface area contributed by atoms with Gasteiger partial charge in [-0.25, -0.2) is 18.3 Å². The predicted molar refractivity (Wildman–Crippen MR) is 98.4 cm³/mol. The van der Waals surface area contributed by atoms with E-state index in [1.807, 2.05) is 13.8 Å². The third-order valence-corrected chi connectivity index (χ3v) is 4.73. The normalized spacial score (nSPS) is 19.3. The Kier molecular flexibility index (Phi) is 5.15. The number of halogens is 2. The zero-order chi connectivity index (χ0) is 18.7. The van der Waals surface area contributed by atoms with E-state index in [0.29, 0.717) is 18.7 Å². The average Bonchev–Trinajstić information content (AvgIpc) is 3.06. The van der Waals surface area contributed by atoms with Crippen LogP contribution in [0, 0.1) is 0 Å². The van der Waals surface area contributed by atoms with Gasteiger partial charge in [0.05, 0.1) is 23.6 Å². The number of aromatic nitrogens is 3. The van der Waals surface area contributed by atoms with Gasteiger partial charge in [-0.3, -0.25) is 4.98 Å². The Morgan fingerprint density at radius 3 is 2.77 bits per heavy atom. The van der Waals surface area contributed by atoms with Gasteiger partial charge in [-0.1, -0.05) is 12.7 Å². The molecular formula is C19H23F2N5. The van der Waals surface area contributed by atoms with Gasteiger partial charge in [0.1, 0.15) is 5.82 Å². The smallest absolute Gasteiger partial charge is 0.248 e. The quantitative estimate of drug-likeness (QED) is 0.645. The number of aliphatic imine (C=N–C) groups is 1. The molecule has 0 atom stereocenters. The van der Waals surface area contributed by atoms with Gasteiger partial charge in [-0.2, -0.15) is 5.10 Å². The van der Waals surface area contributed by atoms with Crippen LogP contribution in [0.3, 0.4) is 0 Å². The number of hydrogen-bond donors (Lipinski definition) is 1. The molecule has 0 aliphatic heterocycles. The predicted octanol–water partition coefficient (Wildman–Crippen LogP) is 4.12. The van der Waals surface area contributed by atoms with E-state index in [4.69, 9.17) is 4.99 Å². The van der Waals surface area contributed by atoms with E-state index in [0.717, 1.165) is 22.4 Å². The van der Waals surface area contributed by atoms with Crippen LogP contribution in [-0.4, -0.2) is 32.3 Å². The Bertz CT molecular complexity index is 856. The maximum absolute atomic E-state index is 13.4. The van der Waals surface area contributed by atoms with Gasteiger partial charge in [0, 0.05) is 36.8 Å². The fourth-order valence-electron chi connectivity index (χ4n) is 3.05. The summed E-state index contributed by atoms with van der Waals surface area (Å²) in [5.74, 6) is -1.88. The molecule has 2 aromatic rings.